The minimum atomic E-state index is 0.223. The van der Waals surface area contributed by atoms with Crippen LogP contribution in [-0.2, 0) is 0 Å². The monoisotopic (exact) mass is 166 g/mol. The van der Waals surface area contributed by atoms with Gasteiger partial charge in [0.05, 0.1) is 6.26 Å². The van der Waals surface area contributed by atoms with Gasteiger partial charge in [-0.25, -0.2) is 0 Å². The summed E-state index contributed by atoms with van der Waals surface area (Å²) < 4.78 is 5.33. The predicted molar refractivity (Wildman–Crippen MR) is 46.9 cm³/mol. The van der Waals surface area contributed by atoms with Crippen molar-refractivity contribution in [1.82, 2.24) is 4.90 Å². The number of rotatable bonds is 1. The van der Waals surface area contributed by atoms with Crippen molar-refractivity contribution in [3.05, 3.63) is 24.2 Å². The summed E-state index contributed by atoms with van der Waals surface area (Å²) in [5.41, 5.74) is 5.96. The average molecular weight is 166 g/mol. The molecule has 1 aliphatic heterocycles. The highest BCUT2D eigenvalue weighted by Crippen LogP contribution is 2.25. The van der Waals surface area contributed by atoms with Gasteiger partial charge in [-0.05, 0) is 19.2 Å². The maximum atomic E-state index is 5.96. The molecule has 0 unspecified atom stereocenters. The van der Waals surface area contributed by atoms with Gasteiger partial charge in [-0.1, -0.05) is 0 Å². The van der Waals surface area contributed by atoms with Crippen LogP contribution in [0.25, 0.3) is 0 Å². The third-order valence-corrected chi connectivity index (χ3v) is 2.46. The molecule has 0 amide bonds. The van der Waals surface area contributed by atoms with Crippen molar-refractivity contribution in [2.45, 2.75) is 12.0 Å². The van der Waals surface area contributed by atoms with Gasteiger partial charge in [0.25, 0.3) is 0 Å². The zero-order valence-electron chi connectivity index (χ0n) is 7.23. The van der Waals surface area contributed by atoms with Crippen LogP contribution in [0.15, 0.2) is 22.8 Å². The highest BCUT2D eigenvalue weighted by molar-refractivity contribution is 5.12. The Morgan fingerprint density at radius 1 is 1.58 bits per heavy atom. The molecular formula is C9H14N2O. The van der Waals surface area contributed by atoms with E-state index in [0.29, 0.717) is 5.92 Å². The van der Waals surface area contributed by atoms with E-state index < -0.39 is 0 Å². The zero-order chi connectivity index (χ0) is 8.55. The molecule has 0 aliphatic carbocycles. The molecule has 3 nitrogen and oxygen atoms in total. The van der Waals surface area contributed by atoms with Crippen LogP contribution in [0.2, 0.25) is 0 Å². The lowest BCUT2D eigenvalue weighted by Gasteiger charge is -2.09. The maximum absolute atomic E-state index is 5.96. The first-order valence-corrected chi connectivity index (χ1v) is 4.25. The third kappa shape index (κ3) is 1.26. The summed E-state index contributed by atoms with van der Waals surface area (Å²) in [5, 5.41) is 0. The van der Waals surface area contributed by atoms with Gasteiger partial charge in [-0.15, -0.1) is 0 Å². The molecule has 1 aromatic rings. The second-order valence-corrected chi connectivity index (χ2v) is 3.51. The molecule has 2 N–H and O–H groups in total. The normalized spacial score (nSPS) is 31.2. The van der Waals surface area contributed by atoms with Crippen molar-refractivity contribution in [3.8, 4) is 0 Å². The van der Waals surface area contributed by atoms with Gasteiger partial charge in [0.15, 0.2) is 0 Å². The van der Waals surface area contributed by atoms with Gasteiger partial charge < -0.3 is 15.1 Å². The van der Waals surface area contributed by atoms with Crippen LogP contribution in [0, 0.1) is 0 Å². The van der Waals surface area contributed by atoms with E-state index in [1.165, 1.54) is 0 Å². The largest absolute Gasteiger partial charge is 0.469 e. The molecule has 1 aromatic heterocycles. The Bertz CT molecular complexity index is 245. The second kappa shape index (κ2) is 2.92. The number of likely N-dealkylation sites (N-methyl/N-ethyl adjacent to an activating group) is 1. The van der Waals surface area contributed by atoms with Crippen molar-refractivity contribution in [3.63, 3.8) is 0 Å². The predicted octanol–water partition coefficient (Wildman–Crippen LogP) is 0.636. The van der Waals surface area contributed by atoms with Gasteiger partial charge in [0, 0.05) is 25.0 Å². The number of nitrogens with zero attached hydrogens (tertiary/aromatic N) is 1. The van der Waals surface area contributed by atoms with E-state index >= 15 is 0 Å². The molecule has 0 spiro atoms. The van der Waals surface area contributed by atoms with Gasteiger partial charge in [0.1, 0.15) is 5.76 Å². The van der Waals surface area contributed by atoms with Crippen LogP contribution in [-0.4, -0.2) is 31.1 Å². The first kappa shape index (κ1) is 7.83. The maximum Gasteiger partial charge on any atom is 0.109 e. The summed E-state index contributed by atoms with van der Waals surface area (Å²) in [6, 6.07) is 4.14. The molecule has 1 fully saturated rings. The standard InChI is InChI=1S/C9H14N2O/c1-11-5-7(8(10)6-11)9-3-2-4-12-9/h2-4,7-8H,5-6,10H2,1H3/t7-,8-/m0/s1. The molecule has 0 bridgehead atoms. The van der Waals surface area contributed by atoms with Crippen LogP contribution < -0.4 is 5.73 Å². The Morgan fingerprint density at radius 2 is 2.42 bits per heavy atom. The molecule has 0 radical (unpaired) electrons. The zero-order valence-corrected chi connectivity index (χ0v) is 7.23. The summed E-state index contributed by atoms with van der Waals surface area (Å²) in [6.45, 7) is 1.97. The number of furan rings is 1. The van der Waals surface area contributed by atoms with E-state index in [1.54, 1.807) is 6.26 Å². The van der Waals surface area contributed by atoms with Crippen LogP contribution in [0.1, 0.15) is 11.7 Å². The third-order valence-electron chi connectivity index (χ3n) is 2.46. The molecular weight excluding hydrogens is 152 g/mol. The fourth-order valence-corrected chi connectivity index (χ4v) is 1.84. The number of nitrogens with two attached hydrogens (primary N) is 1. The molecule has 1 aliphatic rings. The van der Waals surface area contributed by atoms with E-state index in [2.05, 4.69) is 11.9 Å². The summed E-state index contributed by atoms with van der Waals surface area (Å²) in [6.07, 6.45) is 1.71. The SMILES string of the molecule is CN1C[C@H](c2ccco2)[C@@H](N)C1. The average Bonchev–Trinajstić information content (AvgIpc) is 2.58. The Balaban J connectivity index is 2.15. The van der Waals surface area contributed by atoms with Crippen molar-refractivity contribution < 1.29 is 4.42 Å². The summed E-state index contributed by atoms with van der Waals surface area (Å²) in [4.78, 5) is 2.23. The van der Waals surface area contributed by atoms with Crippen molar-refractivity contribution >= 4 is 0 Å². The van der Waals surface area contributed by atoms with Gasteiger partial charge in [-0.3, -0.25) is 0 Å². The lowest BCUT2D eigenvalue weighted by atomic mass is 10.0. The Hall–Kier alpha value is -0.800. The highest BCUT2D eigenvalue weighted by Gasteiger charge is 2.30. The molecule has 3 heteroatoms. The van der Waals surface area contributed by atoms with E-state index in [9.17, 15) is 0 Å². The minimum Gasteiger partial charge on any atom is -0.469 e. The van der Waals surface area contributed by atoms with Crippen molar-refractivity contribution in [2.75, 3.05) is 20.1 Å². The van der Waals surface area contributed by atoms with Gasteiger partial charge in [0.2, 0.25) is 0 Å². The quantitative estimate of drug-likeness (QED) is 0.665. The Kier molecular flexibility index (Phi) is 1.90. The molecule has 2 atom stereocenters. The summed E-state index contributed by atoms with van der Waals surface area (Å²) in [7, 11) is 2.09. The van der Waals surface area contributed by atoms with Crippen LogP contribution in [0.4, 0.5) is 0 Å². The second-order valence-electron chi connectivity index (χ2n) is 3.51. The highest BCUT2D eigenvalue weighted by atomic mass is 16.3. The lowest BCUT2D eigenvalue weighted by molar-refractivity contribution is 0.396. The summed E-state index contributed by atoms with van der Waals surface area (Å²) >= 11 is 0. The number of hydrogen-bond donors (Lipinski definition) is 1. The number of likely N-dealkylation sites (tertiary alicyclic amines) is 1. The van der Waals surface area contributed by atoms with E-state index in [0.717, 1.165) is 18.8 Å². The van der Waals surface area contributed by atoms with Crippen LogP contribution in [0.3, 0.4) is 0 Å². The Morgan fingerprint density at radius 3 is 2.92 bits per heavy atom. The Labute approximate surface area is 72.1 Å². The van der Waals surface area contributed by atoms with Crippen molar-refractivity contribution in [1.29, 1.82) is 0 Å². The molecule has 2 rings (SSSR count). The van der Waals surface area contributed by atoms with E-state index in [-0.39, 0.29) is 6.04 Å². The topological polar surface area (TPSA) is 42.4 Å². The molecule has 12 heavy (non-hydrogen) atoms. The van der Waals surface area contributed by atoms with E-state index in [4.69, 9.17) is 10.2 Å². The summed E-state index contributed by atoms with van der Waals surface area (Å²) in [5.74, 6) is 1.40. The van der Waals surface area contributed by atoms with E-state index in [1.807, 2.05) is 12.1 Å². The fraction of sp³-hybridized carbons (Fsp3) is 0.556. The fourth-order valence-electron chi connectivity index (χ4n) is 1.84. The minimum absolute atomic E-state index is 0.223. The molecule has 1 saturated heterocycles. The molecule has 2 heterocycles. The van der Waals surface area contributed by atoms with Crippen molar-refractivity contribution in [2.24, 2.45) is 5.73 Å². The van der Waals surface area contributed by atoms with Gasteiger partial charge in [-0.2, -0.15) is 0 Å². The molecule has 0 aromatic carbocycles. The first-order valence-electron chi connectivity index (χ1n) is 4.25. The molecule has 0 saturated carbocycles. The smallest absolute Gasteiger partial charge is 0.109 e. The number of hydrogen-bond acceptors (Lipinski definition) is 3. The van der Waals surface area contributed by atoms with Gasteiger partial charge >= 0.3 is 0 Å². The molecule has 66 valence electrons. The van der Waals surface area contributed by atoms with Crippen LogP contribution in [0.5, 0.6) is 0 Å². The first-order chi connectivity index (χ1) is 5.77. The lowest BCUT2D eigenvalue weighted by Crippen LogP contribution is -2.27. The van der Waals surface area contributed by atoms with Crippen LogP contribution >= 0.6 is 0 Å².